The quantitative estimate of drug-likeness (QED) is 0.801. The lowest BCUT2D eigenvalue weighted by Crippen LogP contribution is -2.50. The minimum atomic E-state index is -0.511. The van der Waals surface area contributed by atoms with Crippen molar-refractivity contribution in [1.29, 1.82) is 0 Å². The van der Waals surface area contributed by atoms with Crippen LogP contribution in [0.15, 0.2) is 22.8 Å². The van der Waals surface area contributed by atoms with E-state index in [0.29, 0.717) is 6.54 Å². The summed E-state index contributed by atoms with van der Waals surface area (Å²) >= 11 is 0. The number of furan rings is 1. The fourth-order valence-corrected chi connectivity index (χ4v) is 3.00. The van der Waals surface area contributed by atoms with E-state index in [-0.39, 0.29) is 23.8 Å². The molecule has 1 aliphatic heterocycles. The Morgan fingerprint density at radius 2 is 2.00 bits per heavy atom. The van der Waals surface area contributed by atoms with Crippen LogP contribution in [0.25, 0.3) is 0 Å². The van der Waals surface area contributed by atoms with E-state index < -0.39 is 6.04 Å². The van der Waals surface area contributed by atoms with Crippen molar-refractivity contribution >= 4 is 11.8 Å². The Balaban J connectivity index is 1.99. The summed E-state index contributed by atoms with van der Waals surface area (Å²) in [7, 11) is 0. The van der Waals surface area contributed by atoms with Crippen molar-refractivity contribution in [2.45, 2.75) is 45.7 Å². The molecule has 2 heterocycles. The first-order chi connectivity index (χ1) is 11.0. The third-order valence-electron chi connectivity index (χ3n) is 4.23. The summed E-state index contributed by atoms with van der Waals surface area (Å²) in [5, 5.41) is 5.70. The molecule has 0 bridgehead atoms. The Labute approximate surface area is 137 Å². The molecule has 0 saturated carbocycles. The van der Waals surface area contributed by atoms with Crippen molar-refractivity contribution < 1.29 is 14.0 Å². The molecule has 6 nitrogen and oxygen atoms in total. The van der Waals surface area contributed by atoms with E-state index in [9.17, 15) is 9.59 Å². The number of hydrogen-bond acceptors (Lipinski definition) is 4. The maximum Gasteiger partial charge on any atom is 0.242 e. The summed E-state index contributed by atoms with van der Waals surface area (Å²) in [6.45, 7) is 7.78. The summed E-state index contributed by atoms with van der Waals surface area (Å²) in [6, 6.07) is 3.35. The fraction of sp³-hybridized carbons (Fsp3) is 0.647. The van der Waals surface area contributed by atoms with E-state index >= 15 is 0 Å². The van der Waals surface area contributed by atoms with Crippen molar-refractivity contribution in [2.75, 3.05) is 19.6 Å². The van der Waals surface area contributed by atoms with Gasteiger partial charge in [0.05, 0.1) is 12.3 Å². The second-order valence-corrected chi connectivity index (χ2v) is 6.44. The second kappa shape index (κ2) is 8.15. The Morgan fingerprint density at radius 1 is 1.30 bits per heavy atom. The predicted octanol–water partition coefficient (Wildman–Crippen LogP) is 1.69. The molecule has 6 heteroatoms. The monoisotopic (exact) mass is 321 g/mol. The number of nitrogens with one attached hydrogen (secondary N) is 2. The molecule has 1 saturated heterocycles. The molecule has 0 aliphatic carbocycles. The standard InChI is InChI=1S/C17H27N3O3/c1-12(2)16(19-13(3)21)17(22)18-11-14(15-7-6-10-23-15)20-8-4-5-9-20/h6-7,10,12,14,16H,4-5,8-9,11H2,1-3H3,(H,18,22)(H,19,21)/t14-,16-/m1/s1. The molecular weight excluding hydrogens is 294 g/mol. The molecule has 1 aliphatic rings. The molecule has 1 aromatic rings. The summed E-state index contributed by atoms with van der Waals surface area (Å²) in [6.07, 6.45) is 4.01. The van der Waals surface area contributed by atoms with Gasteiger partial charge in [0, 0.05) is 13.5 Å². The average molecular weight is 321 g/mol. The number of hydrogen-bond donors (Lipinski definition) is 2. The molecule has 2 rings (SSSR count). The molecule has 2 N–H and O–H groups in total. The molecule has 0 unspecified atom stereocenters. The smallest absolute Gasteiger partial charge is 0.242 e. The van der Waals surface area contributed by atoms with Crippen LogP contribution in [0.5, 0.6) is 0 Å². The molecule has 0 radical (unpaired) electrons. The van der Waals surface area contributed by atoms with Gasteiger partial charge in [-0.25, -0.2) is 0 Å². The number of rotatable bonds is 7. The molecule has 0 aromatic carbocycles. The van der Waals surface area contributed by atoms with Gasteiger partial charge in [0.25, 0.3) is 0 Å². The lowest BCUT2D eigenvalue weighted by atomic mass is 10.0. The van der Waals surface area contributed by atoms with E-state index in [1.54, 1.807) is 6.26 Å². The zero-order chi connectivity index (χ0) is 16.8. The average Bonchev–Trinajstić information content (AvgIpc) is 3.17. The third-order valence-corrected chi connectivity index (χ3v) is 4.23. The highest BCUT2D eigenvalue weighted by Crippen LogP contribution is 2.24. The summed E-state index contributed by atoms with van der Waals surface area (Å²) in [5.41, 5.74) is 0. The Hall–Kier alpha value is -1.82. The predicted molar refractivity (Wildman–Crippen MR) is 87.7 cm³/mol. The molecule has 2 amide bonds. The van der Waals surface area contributed by atoms with Gasteiger partial charge >= 0.3 is 0 Å². The summed E-state index contributed by atoms with van der Waals surface area (Å²) < 4.78 is 5.55. The summed E-state index contributed by atoms with van der Waals surface area (Å²) in [5.74, 6) is 0.563. The number of likely N-dealkylation sites (tertiary alicyclic amines) is 1. The minimum absolute atomic E-state index is 0.0350. The van der Waals surface area contributed by atoms with Crippen molar-refractivity contribution in [3.05, 3.63) is 24.2 Å². The van der Waals surface area contributed by atoms with Crippen molar-refractivity contribution in [1.82, 2.24) is 15.5 Å². The van der Waals surface area contributed by atoms with Crippen molar-refractivity contribution in [2.24, 2.45) is 5.92 Å². The van der Waals surface area contributed by atoms with Crippen LogP contribution in [-0.2, 0) is 9.59 Å². The first-order valence-corrected chi connectivity index (χ1v) is 8.31. The topological polar surface area (TPSA) is 74.6 Å². The number of carbonyl (C=O) groups excluding carboxylic acids is 2. The Morgan fingerprint density at radius 3 is 2.52 bits per heavy atom. The molecule has 1 fully saturated rings. The number of amides is 2. The molecular formula is C17H27N3O3. The van der Waals surface area contributed by atoms with Gasteiger partial charge in [0.15, 0.2) is 0 Å². The van der Waals surface area contributed by atoms with Gasteiger partial charge in [-0.15, -0.1) is 0 Å². The first kappa shape index (κ1) is 17.5. The second-order valence-electron chi connectivity index (χ2n) is 6.44. The maximum absolute atomic E-state index is 12.4. The zero-order valence-electron chi connectivity index (χ0n) is 14.2. The lowest BCUT2D eigenvalue weighted by molar-refractivity contribution is -0.129. The van der Waals surface area contributed by atoms with Gasteiger partial charge < -0.3 is 15.1 Å². The maximum atomic E-state index is 12.4. The van der Waals surface area contributed by atoms with Crippen LogP contribution in [-0.4, -0.2) is 42.4 Å². The van der Waals surface area contributed by atoms with Crippen LogP contribution < -0.4 is 10.6 Å². The Kier molecular flexibility index (Phi) is 6.21. The van der Waals surface area contributed by atoms with Gasteiger partial charge in [-0.05, 0) is 44.0 Å². The molecule has 128 valence electrons. The largest absolute Gasteiger partial charge is 0.468 e. The summed E-state index contributed by atoms with van der Waals surface area (Å²) in [4.78, 5) is 26.1. The molecule has 2 atom stereocenters. The SMILES string of the molecule is CC(=O)N[C@@H](C(=O)NC[C@H](c1ccco1)N1CCCC1)C(C)C. The van der Waals surface area contributed by atoms with Crippen molar-refractivity contribution in [3.63, 3.8) is 0 Å². The van der Waals surface area contributed by atoms with Gasteiger partial charge in [-0.2, -0.15) is 0 Å². The van der Waals surface area contributed by atoms with E-state index in [1.165, 1.54) is 19.8 Å². The highest BCUT2D eigenvalue weighted by Gasteiger charge is 2.28. The van der Waals surface area contributed by atoms with Gasteiger partial charge in [-0.3, -0.25) is 14.5 Å². The Bertz CT molecular complexity index is 507. The lowest BCUT2D eigenvalue weighted by Gasteiger charge is -2.27. The fourth-order valence-electron chi connectivity index (χ4n) is 3.00. The van der Waals surface area contributed by atoms with Crippen LogP contribution in [0, 0.1) is 5.92 Å². The zero-order valence-corrected chi connectivity index (χ0v) is 14.2. The van der Waals surface area contributed by atoms with E-state index in [4.69, 9.17) is 4.42 Å². The third kappa shape index (κ3) is 4.82. The highest BCUT2D eigenvalue weighted by atomic mass is 16.3. The minimum Gasteiger partial charge on any atom is -0.468 e. The molecule has 0 spiro atoms. The van der Waals surface area contributed by atoms with E-state index in [2.05, 4.69) is 15.5 Å². The van der Waals surface area contributed by atoms with Crippen molar-refractivity contribution in [3.8, 4) is 0 Å². The van der Waals surface area contributed by atoms with Gasteiger partial charge in [0.2, 0.25) is 11.8 Å². The van der Waals surface area contributed by atoms with Gasteiger partial charge in [0.1, 0.15) is 11.8 Å². The van der Waals surface area contributed by atoms with Crippen LogP contribution in [0.3, 0.4) is 0 Å². The van der Waals surface area contributed by atoms with E-state index in [1.807, 2.05) is 26.0 Å². The van der Waals surface area contributed by atoms with Gasteiger partial charge in [-0.1, -0.05) is 13.8 Å². The first-order valence-electron chi connectivity index (χ1n) is 8.31. The van der Waals surface area contributed by atoms with Crippen LogP contribution >= 0.6 is 0 Å². The normalized spacial score (nSPS) is 17.9. The van der Waals surface area contributed by atoms with Crippen LogP contribution in [0.4, 0.5) is 0 Å². The molecule has 23 heavy (non-hydrogen) atoms. The number of nitrogens with zero attached hydrogens (tertiary/aromatic N) is 1. The highest BCUT2D eigenvalue weighted by molar-refractivity contribution is 5.87. The number of carbonyl (C=O) groups is 2. The molecule has 1 aromatic heterocycles. The van der Waals surface area contributed by atoms with Crippen LogP contribution in [0.2, 0.25) is 0 Å². The van der Waals surface area contributed by atoms with E-state index in [0.717, 1.165) is 18.8 Å². The van der Waals surface area contributed by atoms with Crippen LogP contribution in [0.1, 0.15) is 45.4 Å².